The third-order valence-electron chi connectivity index (χ3n) is 5.19. The molecule has 1 aliphatic heterocycles. The van der Waals surface area contributed by atoms with Crippen LogP contribution in [-0.2, 0) is 4.74 Å². The number of ether oxygens (including phenoxy) is 2. The molecule has 2 aromatic rings. The summed E-state index contributed by atoms with van der Waals surface area (Å²) in [4.78, 5) is 19.8. The summed E-state index contributed by atoms with van der Waals surface area (Å²) >= 11 is 0. The topological polar surface area (TPSA) is 51.7 Å². The van der Waals surface area contributed by atoms with Crippen LogP contribution in [0.15, 0.2) is 24.3 Å². The number of benzene rings is 1. The van der Waals surface area contributed by atoms with Gasteiger partial charge in [0, 0.05) is 11.9 Å². The SMILES string of the molecule is COc1ccc2nc(C)c(C(=O)N3CCO[C@H]4CCC[C@@H]43)cc2c1. The number of morpholine rings is 1. The average molecular weight is 326 g/mol. The van der Waals surface area contributed by atoms with Crippen LogP contribution in [0.5, 0.6) is 5.75 Å². The van der Waals surface area contributed by atoms with Gasteiger partial charge in [-0.15, -0.1) is 0 Å². The van der Waals surface area contributed by atoms with Crippen molar-refractivity contribution >= 4 is 16.8 Å². The smallest absolute Gasteiger partial charge is 0.256 e. The standard InChI is InChI=1S/C19H22N2O3/c1-12-15(11-13-10-14(23-2)6-7-16(13)20-12)19(22)21-8-9-24-18-5-3-4-17(18)21/h6-7,10-11,17-18H,3-5,8-9H2,1-2H3/t17-,18-/m0/s1. The molecule has 0 radical (unpaired) electrons. The Morgan fingerprint density at radius 2 is 2.21 bits per heavy atom. The number of aryl methyl sites for hydroxylation is 1. The van der Waals surface area contributed by atoms with Crippen molar-refractivity contribution in [3.63, 3.8) is 0 Å². The second kappa shape index (κ2) is 6.06. The van der Waals surface area contributed by atoms with E-state index in [1.165, 1.54) is 0 Å². The molecule has 2 atom stereocenters. The summed E-state index contributed by atoms with van der Waals surface area (Å²) in [5, 5.41) is 0.930. The van der Waals surface area contributed by atoms with Crippen LogP contribution in [-0.4, -0.2) is 48.2 Å². The zero-order valence-corrected chi connectivity index (χ0v) is 14.1. The molecule has 126 valence electrons. The summed E-state index contributed by atoms with van der Waals surface area (Å²) in [6.07, 6.45) is 3.42. The number of aromatic nitrogens is 1. The molecule has 0 spiro atoms. The van der Waals surface area contributed by atoms with E-state index in [9.17, 15) is 4.79 Å². The molecule has 1 amide bonds. The Morgan fingerprint density at radius 1 is 1.33 bits per heavy atom. The van der Waals surface area contributed by atoms with Crippen LogP contribution in [0.2, 0.25) is 0 Å². The summed E-state index contributed by atoms with van der Waals surface area (Å²) in [5.74, 6) is 0.846. The summed E-state index contributed by atoms with van der Waals surface area (Å²) in [6, 6.07) is 7.91. The highest BCUT2D eigenvalue weighted by molar-refractivity contribution is 5.99. The molecular weight excluding hydrogens is 304 g/mol. The molecule has 1 aliphatic carbocycles. The molecule has 5 heteroatoms. The van der Waals surface area contributed by atoms with Crippen LogP contribution in [0.3, 0.4) is 0 Å². The van der Waals surface area contributed by atoms with E-state index in [1.807, 2.05) is 36.1 Å². The van der Waals surface area contributed by atoms with Crippen molar-refractivity contribution in [2.24, 2.45) is 0 Å². The number of hydrogen-bond donors (Lipinski definition) is 0. The molecule has 4 rings (SSSR count). The lowest BCUT2D eigenvalue weighted by Gasteiger charge is -2.37. The number of rotatable bonds is 2. The number of pyridine rings is 1. The number of carbonyl (C=O) groups is 1. The van der Waals surface area contributed by atoms with Gasteiger partial charge in [0.05, 0.1) is 42.6 Å². The minimum absolute atomic E-state index is 0.0740. The average Bonchev–Trinajstić information content (AvgIpc) is 3.09. The highest BCUT2D eigenvalue weighted by atomic mass is 16.5. The largest absolute Gasteiger partial charge is 0.497 e. The molecule has 0 unspecified atom stereocenters. The van der Waals surface area contributed by atoms with E-state index in [0.717, 1.165) is 41.6 Å². The lowest BCUT2D eigenvalue weighted by atomic mass is 10.0. The minimum Gasteiger partial charge on any atom is -0.497 e. The van der Waals surface area contributed by atoms with Gasteiger partial charge in [0.25, 0.3) is 5.91 Å². The van der Waals surface area contributed by atoms with Crippen molar-refractivity contribution in [1.82, 2.24) is 9.88 Å². The molecule has 24 heavy (non-hydrogen) atoms. The highest BCUT2D eigenvalue weighted by Crippen LogP contribution is 2.31. The predicted molar refractivity (Wildman–Crippen MR) is 91.4 cm³/mol. The Kier molecular flexibility index (Phi) is 3.88. The summed E-state index contributed by atoms with van der Waals surface area (Å²) in [5.41, 5.74) is 2.34. The van der Waals surface area contributed by atoms with Gasteiger partial charge in [-0.05, 0) is 50.5 Å². The molecule has 5 nitrogen and oxygen atoms in total. The van der Waals surface area contributed by atoms with Gasteiger partial charge in [-0.3, -0.25) is 9.78 Å². The second-order valence-electron chi connectivity index (χ2n) is 6.59. The lowest BCUT2D eigenvalue weighted by molar-refractivity contribution is -0.0445. The molecule has 1 aromatic heterocycles. The first-order valence-electron chi connectivity index (χ1n) is 8.55. The fraction of sp³-hybridized carbons (Fsp3) is 0.474. The number of hydrogen-bond acceptors (Lipinski definition) is 4. The van der Waals surface area contributed by atoms with Gasteiger partial charge in [-0.1, -0.05) is 0 Å². The van der Waals surface area contributed by atoms with Crippen LogP contribution in [0.25, 0.3) is 10.9 Å². The van der Waals surface area contributed by atoms with E-state index >= 15 is 0 Å². The van der Waals surface area contributed by atoms with Crippen LogP contribution in [0.4, 0.5) is 0 Å². The third-order valence-corrected chi connectivity index (χ3v) is 5.19. The molecule has 1 saturated carbocycles. The number of nitrogens with zero attached hydrogens (tertiary/aromatic N) is 2. The maximum absolute atomic E-state index is 13.2. The summed E-state index contributed by atoms with van der Waals surface area (Å²) < 4.78 is 11.1. The van der Waals surface area contributed by atoms with Crippen LogP contribution in [0.1, 0.15) is 35.3 Å². The predicted octanol–water partition coefficient (Wildman–Crippen LogP) is 2.95. The molecule has 0 N–H and O–H groups in total. The van der Waals surface area contributed by atoms with Crippen molar-refractivity contribution in [2.75, 3.05) is 20.3 Å². The molecule has 2 heterocycles. The van der Waals surface area contributed by atoms with E-state index in [-0.39, 0.29) is 18.1 Å². The van der Waals surface area contributed by atoms with Crippen molar-refractivity contribution in [2.45, 2.75) is 38.3 Å². The quantitative estimate of drug-likeness (QED) is 0.851. The van der Waals surface area contributed by atoms with Gasteiger partial charge in [0.1, 0.15) is 5.75 Å². The second-order valence-corrected chi connectivity index (χ2v) is 6.59. The van der Waals surface area contributed by atoms with Gasteiger partial charge < -0.3 is 14.4 Å². The Bertz CT molecular complexity index is 790. The maximum Gasteiger partial charge on any atom is 0.256 e. The van der Waals surface area contributed by atoms with Gasteiger partial charge in [0.15, 0.2) is 0 Å². The molecule has 1 saturated heterocycles. The first-order valence-corrected chi connectivity index (χ1v) is 8.55. The molecular formula is C19H22N2O3. The van der Waals surface area contributed by atoms with Crippen LogP contribution in [0, 0.1) is 6.92 Å². The number of carbonyl (C=O) groups excluding carboxylic acids is 1. The number of fused-ring (bicyclic) bond motifs is 2. The molecule has 0 bridgehead atoms. The van der Waals surface area contributed by atoms with Crippen molar-refractivity contribution in [1.29, 1.82) is 0 Å². The Morgan fingerprint density at radius 3 is 3.04 bits per heavy atom. The zero-order chi connectivity index (χ0) is 16.7. The number of methoxy groups -OCH3 is 1. The van der Waals surface area contributed by atoms with E-state index in [4.69, 9.17) is 9.47 Å². The monoisotopic (exact) mass is 326 g/mol. The first-order chi connectivity index (χ1) is 11.7. The number of amides is 1. The van der Waals surface area contributed by atoms with Crippen molar-refractivity contribution in [3.8, 4) is 5.75 Å². The van der Waals surface area contributed by atoms with Crippen molar-refractivity contribution < 1.29 is 14.3 Å². The van der Waals surface area contributed by atoms with Gasteiger partial charge in [-0.25, -0.2) is 0 Å². The highest BCUT2D eigenvalue weighted by Gasteiger charge is 2.39. The molecule has 1 aromatic carbocycles. The zero-order valence-electron chi connectivity index (χ0n) is 14.1. The molecule has 2 fully saturated rings. The fourth-order valence-corrected chi connectivity index (χ4v) is 3.93. The minimum atomic E-state index is 0.0740. The van der Waals surface area contributed by atoms with E-state index < -0.39 is 0 Å². The van der Waals surface area contributed by atoms with E-state index in [0.29, 0.717) is 18.7 Å². The fourth-order valence-electron chi connectivity index (χ4n) is 3.93. The normalized spacial score (nSPS) is 23.3. The Balaban J connectivity index is 1.71. The Hall–Kier alpha value is -2.14. The Labute approximate surface area is 141 Å². The summed E-state index contributed by atoms with van der Waals surface area (Å²) in [6.45, 7) is 3.19. The van der Waals surface area contributed by atoms with E-state index in [2.05, 4.69) is 4.98 Å². The van der Waals surface area contributed by atoms with Gasteiger partial charge in [-0.2, -0.15) is 0 Å². The third kappa shape index (κ3) is 2.53. The first kappa shape index (κ1) is 15.4. The maximum atomic E-state index is 13.2. The van der Waals surface area contributed by atoms with Gasteiger partial charge >= 0.3 is 0 Å². The summed E-state index contributed by atoms with van der Waals surface area (Å²) in [7, 11) is 1.64. The van der Waals surface area contributed by atoms with Crippen molar-refractivity contribution in [3.05, 3.63) is 35.5 Å². The van der Waals surface area contributed by atoms with Crippen LogP contribution >= 0.6 is 0 Å². The molecule has 2 aliphatic rings. The van der Waals surface area contributed by atoms with Gasteiger partial charge in [0.2, 0.25) is 0 Å². The van der Waals surface area contributed by atoms with E-state index in [1.54, 1.807) is 7.11 Å². The van der Waals surface area contributed by atoms with Crippen LogP contribution < -0.4 is 4.74 Å². The lowest BCUT2D eigenvalue weighted by Crippen LogP contribution is -2.51.